The molecule has 0 saturated heterocycles. The molecular weight excluding hydrogens is 390 g/mol. The average molecular weight is 402 g/mol. The zero-order valence-electron chi connectivity index (χ0n) is 14.5. The lowest BCUT2D eigenvalue weighted by molar-refractivity contribution is -0.0493. The van der Waals surface area contributed by atoms with Gasteiger partial charge in [-0.15, -0.1) is 5.23 Å². The van der Waals surface area contributed by atoms with Crippen LogP contribution in [0.15, 0.2) is 59.3 Å². The fourth-order valence-corrected chi connectivity index (χ4v) is 2.87. The molecule has 29 heavy (non-hydrogen) atoms. The summed E-state index contributed by atoms with van der Waals surface area (Å²) in [5.74, 6) is -0.867. The average Bonchev–Trinajstić information content (AvgIpc) is 3.08. The van der Waals surface area contributed by atoms with Crippen LogP contribution in [0.3, 0.4) is 0 Å². The van der Waals surface area contributed by atoms with Crippen molar-refractivity contribution in [3.8, 4) is 11.5 Å². The highest BCUT2D eigenvalue weighted by atomic mass is 19.3. The number of aromatic nitrogens is 1. The van der Waals surface area contributed by atoms with E-state index in [1.165, 1.54) is 54.9 Å². The minimum Gasteiger partial charge on any atom is -0.452 e. The van der Waals surface area contributed by atoms with E-state index in [0.717, 1.165) is 0 Å². The molecule has 2 heterocycles. The molecule has 10 heteroatoms. The molecule has 0 spiro atoms. The van der Waals surface area contributed by atoms with Crippen molar-refractivity contribution < 1.29 is 37.9 Å². The van der Waals surface area contributed by atoms with Gasteiger partial charge in [-0.3, -0.25) is 15.4 Å². The number of carbonyl (C=O) groups is 1. The van der Waals surface area contributed by atoms with E-state index in [1.54, 1.807) is 0 Å². The Morgan fingerprint density at radius 2 is 1.86 bits per heavy atom. The number of nitrogens with zero attached hydrogens (tertiary/aromatic N) is 2. The lowest BCUT2D eigenvalue weighted by Gasteiger charge is -2.10. The summed E-state index contributed by atoms with van der Waals surface area (Å²) in [6.45, 7) is -3.07. The van der Waals surface area contributed by atoms with Crippen molar-refractivity contribution in [3.63, 3.8) is 0 Å². The first-order chi connectivity index (χ1) is 13.9. The molecule has 4 aromatic rings. The SMILES string of the molecule is O=C(Oc1ccc(N(O)O)cc1)c1ccc(OC(F)F)c2oc3ccncc3c12. The first-order valence-corrected chi connectivity index (χ1v) is 8.18. The van der Waals surface area contributed by atoms with E-state index in [1.807, 2.05) is 0 Å². The molecule has 4 rings (SSSR count). The largest absolute Gasteiger partial charge is 0.452 e. The third kappa shape index (κ3) is 3.53. The highest BCUT2D eigenvalue weighted by Gasteiger charge is 2.22. The van der Waals surface area contributed by atoms with Crippen LogP contribution in [0.1, 0.15) is 10.4 Å². The summed E-state index contributed by atoms with van der Waals surface area (Å²) in [4.78, 5) is 16.7. The van der Waals surface area contributed by atoms with Crippen molar-refractivity contribution in [1.29, 1.82) is 0 Å². The quantitative estimate of drug-likeness (QED) is 0.288. The van der Waals surface area contributed by atoms with Gasteiger partial charge in [0, 0.05) is 23.2 Å². The predicted octanol–water partition coefficient (Wildman–Crippen LogP) is 4.39. The molecule has 0 unspecified atom stereocenters. The first kappa shape index (κ1) is 18.6. The fourth-order valence-electron chi connectivity index (χ4n) is 2.87. The minimum absolute atomic E-state index is 0.0331. The number of pyridine rings is 1. The molecule has 2 aromatic heterocycles. The Hall–Kier alpha value is -3.76. The molecule has 0 aliphatic carbocycles. The highest BCUT2D eigenvalue weighted by Crippen LogP contribution is 2.37. The first-order valence-electron chi connectivity index (χ1n) is 8.18. The van der Waals surface area contributed by atoms with Gasteiger partial charge in [0.1, 0.15) is 11.3 Å². The second kappa shape index (κ2) is 7.34. The summed E-state index contributed by atoms with van der Waals surface area (Å²) < 4.78 is 40.9. The molecule has 0 saturated carbocycles. The van der Waals surface area contributed by atoms with Gasteiger partial charge in [0.05, 0.1) is 11.3 Å². The second-order valence-electron chi connectivity index (χ2n) is 5.84. The van der Waals surface area contributed by atoms with Crippen molar-refractivity contribution in [3.05, 3.63) is 60.4 Å². The Kier molecular flexibility index (Phi) is 4.71. The van der Waals surface area contributed by atoms with Crippen LogP contribution in [0.5, 0.6) is 11.5 Å². The van der Waals surface area contributed by atoms with Crippen molar-refractivity contribution in [2.45, 2.75) is 6.61 Å². The number of esters is 1. The summed E-state index contributed by atoms with van der Waals surface area (Å²) in [5.41, 5.74) is 0.426. The summed E-state index contributed by atoms with van der Waals surface area (Å²) in [6, 6.07) is 9.36. The number of halogens is 2. The van der Waals surface area contributed by atoms with Crippen molar-refractivity contribution >= 4 is 33.6 Å². The molecule has 0 aliphatic rings. The number of anilines is 1. The Balaban J connectivity index is 1.77. The van der Waals surface area contributed by atoms with E-state index < -0.39 is 12.6 Å². The third-order valence-corrected chi connectivity index (χ3v) is 4.10. The van der Waals surface area contributed by atoms with Crippen LogP contribution in [-0.4, -0.2) is 28.0 Å². The number of alkyl halides is 2. The molecule has 0 aliphatic heterocycles. The van der Waals surface area contributed by atoms with Gasteiger partial charge in [-0.2, -0.15) is 8.78 Å². The van der Waals surface area contributed by atoms with Gasteiger partial charge in [-0.05, 0) is 42.5 Å². The van der Waals surface area contributed by atoms with Crippen LogP contribution in [0.2, 0.25) is 0 Å². The number of carbonyl (C=O) groups excluding carboxylic acids is 1. The minimum atomic E-state index is -3.07. The number of benzene rings is 2. The standard InChI is InChI=1S/C19H12F2N2O6/c20-19(21)29-15-6-5-12(16-13-9-22-8-7-14(13)28-17(15)16)18(24)27-11-3-1-10(2-4-11)23(25)26/h1-9,19,25-26H. The molecule has 0 radical (unpaired) electrons. The third-order valence-electron chi connectivity index (χ3n) is 4.10. The van der Waals surface area contributed by atoms with E-state index in [2.05, 4.69) is 9.72 Å². The number of hydrogen-bond acceptors (Lipinski definition) is 8. The Bertz CT molecular complexity index is 1190. The van der Waals surface area contributed by atoms with Gasteiger partial charge in [0.15, 0.2) is 11.3 Å². The molecular formula is C19H12F2N2O6. The van der Waals surface area contributed by atoms with Crippen LogP contribution in [0.4, 0.5) is 14.5 Å². The Morgan fingerprint density at radius 3 is 2.55 bits per heavy atom. The van der Waals surface area contributed by atoms with Crippen LogP contribution < -0.4 is 14.7 Å². The van der Waals surface area contributed by atoms with E-state index in [4.69, 9.17) is 19.6 Å². The zero-order valence-corrected chi connectivity index (χ0v) is 14.5. The zero-order chi connectivity index (χ0) is 20.5. The van der Waals surface area contributed by atoms with Gasteiger partial charge in [0.25, 0.3) is 0 Å². The van der Waals surface area contributed by atoms with Gasteiger partial charge < -0.3 is 13.9 Å². The number of hydrogen-bond donors (Lipinski definition) is 2. The van der Waals surface area contributed by atoms with Crippen LogP contribution in [0, 0.1) is 0 Å². The monoisotopic (exact) mass is 402 g/mol. The number of furan rings is 1. The molecule has 0 amide bonds. The normalized spacial score (nSPS) is 11.2. The lowest BCUT2D eigenvalue weighted by Crippen LogP contribution is -2.12. The van der Waals surface area contributed by atoms with E-state index in [-0.39, 0.29) is 38.9 Å². The predicted molar refractivity (Wildman–Crippen MR) is 95.6 cm³/mol. The van der Waals surface area contributed by atoms with Crippen LogP contribution in [0.25, 0.3) is 21.9 Å². The van der Waals surface area contributed by atoms with Crippen molar-refractivity contribution in [1.82, 2.24) is 4.98 Å². The number of ether oxygens (including phenoxy) is 2. The van der Waals surface area contributed by atoms with Gasteiger partial charge in [-0.1, -0.05) is 0 Å². The molecule has 0 atom stereocenters. The van der Waals surface area contributed by atoms with Gasteiger partial charge in [0.2, 0.25) is 0 Å². The van der Waals surface area contributed by atoms with Crippen LogP contribution >= 0.6 is 0 Å². The molecule has 2 aromatic carbocycles. The highest BCUT2D eigenvalue weighted by molar-refractivity contribution is 6.16. The van der Waals surface area contributed by atoms with Crippen molar-refractivity contribution in [2.75, 3.05) is 5.23 Å². The Labute approximate surface area is 161 Å². The van der Waals surface area contributed by atoms with Crippen molar-refractivity contribution in [2.24, 2.45) is 0 Å². The molecule has 2 N–H and O–H groups in total. The smallest absolute Gasteiger partial charge is 0.387 e. The maximum atomic E-state index is 12.7. The maximum absolute atomic E-state index is 12.7. The molecule has 0 bridgehead atoms. The van der Waals surface area contributed by atoms with Gasteiger partial charge in [-0.25, -0.2) is 4.79 Å². The summed E-state index contributed by atoms with van der Waals surface area (Å²) in [7, 11) is 0. The maximum Gasteiger partial charge on any atom is 0.387 e. The summed E-state index contributed by atoms with van der Waals surface area (Å²) >= 11 is 0. The Morgan fingerprint density at radius 1 is 1.10 bits per heavy atom. The molecule has 148 valence electrons. The van der Waals surface area contributed by atoms with E-state index >= 15 is 0 Å². The summed E-state index contributed by atoms with van der Waals surface area (Å²) in [6.07, 6.45) is 2.90. The molecule has 0 fully saturated rings. The van der Waals surface area contributed by atoms with E-state index in [9.17, 15) is 13.6 Å². The summed E-state index contributed by atoms with van der Waals surface area (Å²) in [5, 5.41) is 18.5. The lowest BCUT2D eigenvalue weighted by atomic mass is 10.1. The van der Waals surface area contributed by atoms with Gasteiger partial charge >= 0.3 is 12.6 Å². The number of fused-ring (bicyclic) bond motifs is 3. The molecule has 8 nitrogen and oxygen atoms in total. The van der Waals surface area contributed by atoms with Crippen LogP contribution in [-0.2, 0) is 0 Å². The van der Waals surface area contributed by atoms with E-state index in [0.29, 0.717) is 11.0 Å². The number of rotatable bonds is 5. The topological polar surface area (TPSA) is 105 Å². The fraction of sp³-hybridized carbons (Fsp3) is 0.0526. The second-order valence-corrected chi connectivity index (χ2v) is 5.84.